The Morgan fingerprint density at radius 1 is 1.55 bits per heavy atom. The number of aliphatic hydroxyl groups is 1. The Morgan fingerprint density at radius 2 is 2.30 bits per heavy atom. The zero-order valence-corrected chi connectivity index (χ0v) is 12.1. The van der Waals surface area contributed by atoms with Crippen molar-refractivity contribution in [3.63, 3.8) is 0 Å². The summed E-state index contributed by atoms with van der Waals surface area (Å²) in [6.07, 6.45) is 2.60. The number of fused-ring (bicyclic) bond motifs is 1. The third-order valence-corrected chi connectivity index (χ3v) is 3.25. The zero-order valence-electron chi connectivity index (χ0n) is 12.1. The lowest BCUT2D eigenvalue weighted by Gasteiger charge is -2.10. The summed E-state index contributed by atoms with van der Waals surface area (Å²) in [5, 5.41) is 17.5. The van der Waals surface area contributed by atoms with Crippen LogP contribution in [-0.4, -0.2) is 38.4 Å². The summed E-state index contributed by atoms with van der Waals surface area (Å²) in [6, 6.07) is 1.78. The van der Waals surface area contributed by atoms with Gasteiger partial charge in [0.2, 0.25) is 0 Å². The molecule has 0 saturated carbocycles. The molecule has 0 fully saturated rings. The third-order valence-electron chi connectivity index (χ3n) is 3.25. The van der Waals surface area contributed by atoms with Crippen LogP contribution >= 0.6 is 0 Å². The number of hydrogen-bond acceptors (Lipinski definition) is 4. The maximum Gasteiger partial charge on any atom is 0.252 e. The molecule has 2 N–H and O–H groups in total. The number of rotatable bonds is 5. The molecular weight excluding hydrogens is 256 g/mol. The highest BCUT2D eigenvalue weighted by atomic mass is 16.3. The summed E-state index contributed by atoms with van der Waals surface area (Å²) in [7, 11) is 1.82. The van der Waals surface area contributed by atoms with Gasteiger partial charge in [-0.3, -0.25) is 9.48 Å². The van der Waals surface area contributed by atoms with Gasteiger partial charge in [0, 0.05) is 25.2 Å². The quantitative estimate of drug-likeness (QED) is 0.859. The van der Waals surface area contributed by atoms with Crippen LogP contribution in [0.25, 0.3) is 11.0 Å². The minimum Gasteiger partial charge on any atom is -0.391 e. The lowest BCUT2D eigenvalue weighted by Crippen LogP contribution is -2.32. The van der Waals surface area contributed by atoms with E-state index in [4.69, 9.17) is 0 Å². The van der Waals surface area contributed by atoms with Crippen LogP contribution in [-0.2, 0) is 7.05 Å². The summed E-state index contributed by atoms with van der Waals surface area (Å²) >= 11 is 0. The summed E-state index contributed by atoms with van der Waals surface area (Å²) in [5.74, 6) is -0.224. The number of nitrogens with zero attached hydrogens (tertiary/aromatic N) is 3. The molecule has 6 heteroatoms. The molecule has 2 aromatic rings. The van der Waals surface area contributed by atoms with Gasteiger partial charge in [-0.2, -0.15) is 5.10 Å². The standard InChI is InChI=1S/C14H20N4O2/c1-4-5-11(19)8-16-14(20)10-6-12-9(2)17-18(3)13(12)15-7-10/h6-7,11,19H,4-5,8H2,1-3H3,(H,16,20). The fraction of sp³-hybridized carbons (Fsp3) is 0.500. The molecular formula is C14H20N4O2. The second-order valence-corrected chi connectivity index (χ2v) is 4.96. The average Bonchev–Trinajstić information content (AvgIpc) is 2.71. The molecule has 0 radical (unpaired) electrons. The maximum atomic E-state index is 12.0. The van der Waals surface area contributed by atoms with Gasteiger partial charge in [0.05, 0.1) is 17.4 Å². The number of hydrogen-bond donors (Lipinski definition) is 2. The highest BCUT2D eigenvalue weighted by Gasteiger charge is 2.12. The summed E-state index contributed by atoms with van der Waals surface area (Å²) in [5.41, 5.74) is 2.08. The fourth-order valence-electron chi connectivity index (χ4n) is 2.18. The maximum absolute atomic E-state index is 12.0. The van der Waals surface area contributed by atoms with Crippen LogP contribution in [0.5, 0.6) is 0 Å². The molecule has 2 heterocycles. The van der Waals surface area contributed by atoms with Crippen LogP contribution in [0.15, 0.2) is 12.3 Å². The van der Waals surface area contributed by atoms with Crippen LogP contribution in [0.4, 0.5) is 0 Å². The molecule has 2 aromatic heterocycles. The fourth-order valence-corrected chi connectivity index (χ4v) is 2.18. The van der Waals surface area contributed by atoms with E-state index >= 15 is 0 Å². The van der Waals surface area contributed by atoms with E-state index in [0.717, 1.165) is 23.1 Å². The zero-order chi connectivity index (χ0) is 14.7. The first kappa shape index (κ1) is 14.5. The smallest absolute Gasteiger partial charge is 0.252 e. The predicted octanol–water partition coefficient (Wildman–Crippen LogP) is 1.17. The molecule has 0 spiro atoms. The second-order valence-electron chi connectivity index (χ2n) is 4.96. The Labute approximate surface area is 117 Å². The van der Waals surface area contributed by atoms with Gasteiger partial charge in [-0.15, -0.1) is 0 Å². The van der Waals surface area contributed by atoms with Gasteiger partial charge < -0.3 is 10.4 Å². The Kier molecular flexibility index (Phi) is 4.34. The van der Waals surface area contributed by atoms with E-state index in [1.165, 1.54) is 6.20 Å². The Bertz CT molecular complexity index is 621. The first-order valence-corrected chi connectivity index (χ1v) is 6.78. The minimum absolute atomic E-state index is 0.224. The molecule has 0 saturated heterocycles. The van der Waals surface area contributed by atoms with Crippen LogP contribution in [0, 0.1) is 6.92 Å². The summed E-state index contributed by atoms with van der Waals surface area (Å²) in [6.45, 7) is 4.14. The topological polar surface area (TPSA) is 80.0 Å². The van der Waals surface area contributed by atoms with E-state index in [9.17, 15) is 9.90 Å². The van der Waals surface area contributed by atoms with Crippen molar-refractivity contribution in [1.82, 2.24) is 20.1 Å². The first-order chi connectivity index (χ1) is 9.52. The molecule has 20 heavy (non-hydrogen) atoms. The number of amides is 1. The lowest BCUT2D eigenvalue weighted by atomic mass is 10.2. The van der Waals surface area contributed by atoms with E-state index in [0.29, 0.717) is 12.0 Å². The SMILES string of the molecule is CCCC(O)CNC(=O)c1cnc2c(c1)c(C)nn2C. The number of aliphatic hydroxyl groups excluding tert-OH is 1. The number of nitrogens with one attached hydrogen (secondary N) is 1. The van der Waals surface area contributed by atoms with E-state index in [1.807, 2.05) is 20.9 Å². The second kappa shape index (κ2) is 6.00. The number of aromatic nitrogens is 3. The van der Waals surface area contributed by atoms with Crippen LogP contribution in [0.1, 0.15) is 35.8 Å². The highest BCUT2D eigenvalue weighted by molar-refractivity contribution is 5.97. The van der Waals surface area contributed by atoms with E-state index in [-0.39, 0.29) is 12.5 Å². The van der Waals surface area contributed by atoms with E-state index < -0.39 is 6.10 Å². The summed E-state index contributed by atoms with van der Waals surface area (Å²) in [4.78, 5) is 16.3. The summed E-state index contributed by atoms with van der Waals surface area (Å²) < 4.78 is 1.69. The molecule has 0 aromatic carbocycles. The molecule has 1 unspecified atom stereocenters. The van der Waals surface area contributed by atoms with Crippen LogP contribution in [0.2, 0.25) is 0 Å². The van der Waals surface area contributed by atoms with E-state index in [2.05, 4.69) is 15.4 Å². The van der Waals surface area contributed by atoms with Crippen molar-refractivity contribution < 1.29 is 9.90 Å². The van der Waals surface area contributed by atoms with Crippen molar-refractivity contribution in [1.29, 1.82) is 0 Å². The number of carbonyl (C=O) groups is 1. The van der Waals surface area contributed by atoms with Crippen molar-refractivity contribution in [3.8, 4) is 0 Å². The Balaban J connectivity index is 2.12. The third kappa shape index (κ3) is 2.96. The molecule has 1 amide bonds. The van der Waals surface area contributed by atoms with Crippen molar-refractivity contribution in [3.05, 3.63) is 23.5 Å². The molecule has 108 valence electrons. The van der Waals surface area contributed by atoms with Gasteiger partial charge in [-0.05, 0) is 19.4 Å². The average molecular weight is 276 g/mol. The minimum atomic E-state index is -0.499. The van der Waals surface area contributed by atoms with Crippen LogP contribution in [0.3, 0.4) is 0 Å². The number of aryl methyl sites for hydroxylation is 2. The van der Waals surface area contributed by atoms with Gasteiger partial charge in [0.25, 0.3) is 5.91 Å². The van der Waals surface area contributed by atoms with E-state index in [1.54, 1.807) is 10.7 Å². The van der Waals surface area contributed by atoms with Gasteiger partial charge in [-0.1, -0.05) is 13.3 Å². The molecule has 1 atom stereocenters. The van der Waals surface area contributed by atoms with Gasteiger partial charge in [0.1, 0.15) is 0 Å². The lowest BCUT2D eigenvalue weighted by molar-refractivity contribution is 0.0910. The van der Waals surface area contributed by atoms with Crippen LogP contribution < -0.4 is 5.32 Å². The predicted molar refractivity (Wildman–Crippen MR) is 76.5 cm³/mol. The molecule has 0 aliphatic rings. The molecule has 0 aliphatic carbocycles. The molecule has 0 bridgehead atoms. The van der Waals surface area contributed by atoms with Crippen molar-refractivity contribution in [2.24, 2.45) is 7.05 Å². The monoisotopic (exact) mass is 276 g/mol. The number of pyridine rings is 1. The van der Waals surface area contributed by atoms with Crippen molar-refractivity contribution >= 4 is 16.9 Å². The number of carbonyl (C=O) groups excluding carboxylic acids is 1. The van der Waals surface area contributed by atoms with Gasteiger partial charge in [0.15, 0.2) is 5.65 Å². The normalized spacial score (nSPS) is 12.6. The van der Waals surface area contributed by atoms with Gasteiger partial charge in [-0.25, -0.2) is 4.98 Å². The highest BCUT2D eigenvalue weighted by Crippen LogP contribution is 2.16. The Morgan fingerprint density at radius 3 is 3.00 bits per heavy atom. The van der Waals surface area contributed by atoms with Crippen molar-refractivity contribution in [2.75, 3.05) is 6.54 Å². The van der Waals surface area contributed by atoms with Crippen molar-refractivity contribution in [2.45, 2.75) is 32.8 Å². The largest absolute Gasteiger partial charge is 0.391 e. The molecule has 0 aliphatic heterocycles. The molecule has 6 nitrogen and oxygen atoms in total. The van der Waals surface area contributed by atoms with Gasteiger partial charge >= 0.3 is 0 Å². The molecule has 2 rings (SSSR count). The Hall–Kier alpha value is -1.95. The first-order valence-electron chi connectivity index (χ1n) is 6.78.